The second kappa shape index (κ2) is 3.46. The van der Waals surface area contributed by atoms with Gasteiger partial charge in [-0.25, -0.2) is 0 Å². The van der Waals surface area contributed by atoms with Crippen LogP contribution in [-0.4, -0.2) is 11.9 Å². The molecule has 0 spiro atoms. The van der Waals surface area contributed by atoms with E-state index in [1.165, 1.54) is 32.1 Å². The van der Waals surface area contributed by atoms with Gasteiger partial charge in [-0.1, -0.05) is 19.3 Å². The minimum absolute atomic E-state index is 0.331. The van der Waals surface area contributed by atoms with E-state index >= 15 is 0 Å². The number of nitrogens with one attached hydrogen (secondary N) is 1. The summed E-state index contributed by atoms with van der Waals surface area (Å²) in [5.74, 6) is 0.677. The van der Waals surface area contributed by atoms with E-state index in [4.69, 9.17) is 0 Å². The van der Waals surface area contributed by atoms with Crippen molar-refractivity contribution in [1.82, 2.24) is 5.32 Å². The molecule has 0 aromatic carbocycles. The number of hydrogen-bond acceptors (Lipinski definition) is 1. The Morgan fingerprint density at radius 2 is 1.67 bits per heavy atom. The molecule has 0 heterocycles. The van der Waals surface area contributed by atoms with Crippen LogP contribution in [0, 0.1) is 5.92 Å². The summed E-state index contributed by atoms with van der Waals surface area (Å²) >= 11 is 0. The fourth-order valence-electron chi connectivity index (χ4n) is 1.91. The van der Waals surface area contributed by atoms with E-state index in [9.17, 15) is 4.79 Å². The van der Waals surface area contributed by atoms with Crippen LogP contribution in [0.5, 0.6) is 0 Å². The molecule has 2 rings (SSSR count). The molecule has 1 amide bonds. The summed E-state index contributed by atoms with van der Waals surface area (Å²) in [6.45, 7) is 0. The fraction of sp³-hybridized carbons (Fsp3) is 0.900. The topological polar surface area (TPSA) is 29.1 Å². The molecule has 1 N–H and O–H groups in total. The lowest BCUT2D eigenvalue weighted by molar-refractivity contribution is -0.126. The lowest BCUT2D eigenvalue weighted by atomic mass is 9.89. The average Bonchev–Trinajstić information content (AvgIpc) is 2.90. The molecule has 2 nitrogen and oxygen atoms in total. The Morgan fingerprint density at radius 1 is 1.00 bits per heavy atom. The van der Waals surface area contributed by atoms with Crippen LogP contribution in [0.4, 0.5) is 0 Å². The van der Waals surface area contributed by atoms with Gasteiger partial charge in [0.1, 0.15) is 0 Å². The summed E-state index contributed by atoms with van der Waals surface area (Å²) in [6.07, 6.45) is 8.49. The Hall–Kier alpha value is -0.530. The molecule has 2 heteroatoms. The van der Waals surface area contributed by atoms with Gasteiger partial charge in [0.2, 0.25) is 5.91 Å². The Balaban J connectivity index is 1.76. The van der Waals surface area contributed by atoms with Crippen molar-refractivity contribution >= 4 is 5.91 Å². The Bertz CT molecular complexity index is 169. The van der Waals surface area contributed by atoms with Gasteiger partial charge in [0.25, 0.3) is 0 Å². The zero-order valence-electron chi connectivity index (χ0n) is 7.51. The molecule has 2 aliphatic carbocycles. The number of hydrogen-bond donors (Lipinski definition) is 1. The third kappa shape index (κ3) is 1.99. The maximum absolute atomic E-state index is 11.5. The van der Waals surface area contributed by atoms with E-state index in [1.807, 2.05) is 0 Å². The molecule has 68 valence electrons. The summed E-state index contributed by atoms with van der Waals surface area (Å²) in [4.78, 5) is 11.5. The van der Waals surface area contributed by atoms with E-state index in [2.05, 4.69) is 5.32 Å². The first-order chi connectivity index (χ1) is 5.86. The van der Waals surface area contributed by atoms with Gasteiger partial charge in [0, 0.05) is 12.0 Å². The standard InChI is InChI=1S/C10H17NO/c12-10(11-9-6-7-9)8-4-2-1-3-5-8/h8-9H,1-7H2,(H,11,12). The van der Waals surface area contributed by atoms with Crippen LogP contribution in [0.1, 0.15) is 44.9 Å². The minimum atomic E-state index is 0.331. The van der Waals surface area contributed by atoms with Crippen molar-refractivity contribution in [3.63, 3.8) is 0 Å². The molecule has 0 radical (unpaired) electrons. The van der Waals surface area contributed by atoms with Gasteiger partial charge < -0.3 is 5.32 Å². The van der Waals surface area contributed by atoms with Gasteiger partial charge in [-0.2, -0.15) is 0 Å². The van der Waals surface area contributed by atoms with Crippen LogP contribution >= 0.6 is 0 Å². The summed E-state index contributed by atoms with van der Waals surface area (Å²) in [6, 6.07) is 0.541. The fourth-order valence-corrected chi connectivity index (χ4v) is 1.91. The molecule has 0 aromatic heterocycles. The van der Waals surface area contributed by atoms with Gasteiger partial charge in [-0.15, -0.1) is 0 Å². The smallest absolute Gasteiger partial charge is 0.223 e. The molecule has 0 saturated heterocycles. The highest BCUT2D eigenvalue weighted by Gasteiger charge is 2.27. The zero-order valence-corrected chi connectivity index (χ0v) is 7.51. The molecule has 0 bridgehead atoms. The van der Waals surface area contributed by atoms with Gasteiger partial charge in [-0.3, -0.25) is 4.79 Å². The molecular weight excluding hydrogens is 150 g/mol. The van der Waals surface area contributed by atoms with Crippen LogP contribution in [0.2, 0.25) is 0 Å². The van der Waals surface area contributed by atoms with Gasteiger partial charge in [0.15, 0.2) is 0 Å². The van der Waals surface area contributed by atoms with Crippen LogP contribution in [0.15, 0.2) is 0 Å². The average molecular weight is 167 g/mol. The highest BCUT2D eigenvalue weighted by atomic mass is 16.2. The molecule has 2 aliphatic rings. The quantitative estimate of drug-likeness (QED) is 0.668. The minimum Gasteiger partial charge on any atom is -0.353 e. The van der Waals surface area contributed by atoms with Gasteiger partial charge in [-0.05, 0) is 25.7 Å². The Morgan fingerprint density at radius 3 is 2.25 bits per heavy atom. The molecular formula is C10H17NO. The van der Waals surface area contributed by atoms with E-state index in [1.54, 1.807) is 0 Å². The molecule has 2 saturated carbocycles. The van der Waals surface area contributed by atoms with Crippen LogP contribution in [0.3, 0.4) is 0 Å². The highest BCUT2D eigenvalue weighted by Crippen LogP contribution is 2.25. The predicted molar refractivity (Wildman–Crippen MR) is 47.7 cm³/mol. The summed E-state index contributed by atoms with van der Waals surface area (Å²) < 4.78 is 0. The van der Waals surface area contributed by atoms with Crippen molar-refractivity contribution in [2.24, 2.45) is 5.92 Å². The third-order valence-corrected chi connectivity index (χ3v) is 2.90. The first-order valence-corrected chi connectivity index (χ1v) is 5.16. The second-order valence-electron chi connectivity index (χ2n) is 4.12. The molecule has 0 unspecified atom stereocenters. The highest BCUT2D eigenvalue weighted by molar-refractivity contribution is 5.79. The summed E-state index contributed by atoms with van der Waals surface area (Å²) in [7, 11) is 0. The van der Waals surface area contributed by atoms with Crippen molar-refractivity contribution < 1.29 is 4.79 Å². The lowest BCUT2D eigenvalue weighted by Crippen LogP contribution is -2.33. The first-order valence-electron chi connectivity index (χ1n) is 5.16. The summed E-state index contributed by atoms with van der Waals surface area (Å²) in [5, 5.41) is 3.08. The van der Waals surface area contributed by atoms with E-state index in [0.717, 1.165) is 12.8 Å². The maximum Gasteiger partial charge on any atom is 0.223 e. The van der Waals surface area contributed by atoms with Crippen LogP contribution in [-0.2, 0) is 4.79 Å². The number of rotatable bonds is 2. The predicted octanol–water partition coefficient (Wildman–Crippen LogP) is 1.85. The zero-order chi connectivity index (χ0) is 8.39. The monoisotopic (exact) mass is 167 g/mol. The SMILES string of the molecule is O=C(NC1CC1)C1CCCCC1. The third-order valence-electron chi connectivity index (χ3n) is 2.90. The lowest BCUT2D eigenvalue weighted by Gasteiger charge is -2.20. The molecule has 12 heavy (non-hydrogen) atoms. The van der Waals surface area contributed by atoms with E-state index in [-0.39, 0.29) is 0 Å². The molecule has 2 fully saturated rings. The number of amides is 1. The number of carbonyl (C=O) groups excluding carboxylic acids is 1. The Labute approximate surface area is 73.7 Å². The van der Waals surface area contributed by atoms with Gasteiger partial charge in [0.05, 0.1) is 0 Å². The second-order valence-corrected chi connectivity index (χ2v) is 4.12. The van der Waals surface area contributed by atoms with Crippen molar-refractivity contribution in [1.29, 1.82) is 0 Å². The first kappa shape index (κ1) is 8.09. The van der Waals surface area contributed by atoms with Crippen molar-refractivity contribution in [3.8, 4) is 0 Å². The van der Waals surface area contributed by atoms with E-state index < -0.39 is 0 Å². The summed E-state index contributed by atoms with van der Waals surface area (Å²) in [5.41, 5.74) is 0. The van der Waals surface area contributed by atoms with Crippen molar-refractivity contribution in [2.45, 2.75) is 51.0 Å². The van der Waals surface area contributed by atoms with E-state index in [0.29, 0.717) is 17.9 Å². The molecule has 0 aromatic rings. The number of carbonyl (C=O) groups is 1. The van der Waals surface area contributed by atoms with Gasteiger partial charge >= 0.3 is 0 Å². The normalized spacial score (nSPS) is 25.3. The molecule has 0 atom stereocenters. The van der Waals surface area contributed by atoms with Crippen LogP contribution < -0.4 is 5.32 Å². The van der Waals surface area contributed by atoms with Crippen molar-refractivity contribution in [3.05, 3.63) is 0 Å². The molecule has 0 aliphatic heterocycles. The Kier molecular flexibility index (Phi) is 2.33. The maximum atomic E-state index is 11.5. The largest absolute Gasteiger partial charge is 0.353 e. The van der Waals surface area contributed by atoms with Crippen molar-refractivity contribution in [2.75, 3.05) is 0 Å². The van der Waals surface area contributed by atoms with Crippen LogP contribution in [0.25, 0.3) is 0 Å².